The van der Waals surface area contributed by atoms with Crippen molar-refractivity contribution in [3.05, 3.63) is 75.8 Å². The maximum atomic E-state index is 12.4. The summed E-state index contributed by atoms with van der Waals surface area (Å²) in [5, 5.41) is 15.7. The Morgan fingerprint density at radius 1 is 1.23 bits per heavy atom. The predicted molar refractivity (Wildman–Crippen MR) is 118 cm³/mol. The lowest BCUT2D eigenvalue weighted by Crippen LogP contribution is -2.31. The van der Waals surface area contributed by atoms with Gasteiger partial charge in [0.05, 0.1) is 35.1 Å². The molecule has 0 radical (unpaired) electrons. The van der Waals surface area contributed by atoms with Crippen molar-refractivity contribution in [1.29, 1.82) is 5.26 Å². The number of thioether (sulfide) groups is 1. The van der Waals surface area contributed by atoms with Crippen molar-refractivity contribution in [3.8, 4) is 6.07 Å². The van der Waals surface area contributed by atoms with E-state index in [1.165, 1.54) is 7.11 Å². The third-order valence-corrected chi connectivity index (χ3v) is 5.87. The fourth-order valence-corrected chi connectivity index (χ4v) is 4.10. The molecule has 1 aliphatic rings. The molecule has 0 aliphatic carbocycles. The number of carbonyl (C=O) groups excluding carboxylic acids is 3. The lowest BCUT2D eigenvalue weighted by Gasteiger charge is -2.25. The van der Waals surface area contributed by atoms with Gasteiger partial charge in [-0.2, -0.15) is 5.26 Å². The maximum Gasteiger partial charge on any atom is 0.337 e. The van der Waals surface area contributed by atoms with Gasteiger partial charge in [-0.05, 0) is 36.2 Å². The number of methoxy groups -OCH3 is 1. The van der Waals surface area contributed by atoms with E-state index in [-0.39, 0.29) is 24.0 Å². The number of ether oxygens (including phenoxy) is 1. The number of aryl methyl sites for hydroxylation is 1. The summed E-state index contributed by atoms with van der Waals surface area (Å²) in [7, 11) is 1.30. The van der Waals surface area contributed by atoms with Crippen LogP contribution < -0.4 is 10.6 Å². The highest BCUT2D eigenvalue weighted by Crippen LogP contribution is 2.36. The van der Waals surface area contributed by atoms with E-state index in [4.69, 9.17) is 4.74 Å². The largest absolute Gasteiger partial charge is 0.465 e. The van der Waals surface area contributed by atoms with Gasteiger partial charge in [-0.1, -0.05) is 42.1 Å². The SMILES string of the molecule is COC(=O)c1ccc([C@H]2CC(=O)NC(SCC(=O)Nc3ccccc3C)=C2C#N)cc1. The summed E-state index contributed by atoms with van der Waals surface area (Å²) >= 11 is 1.12. The molecule has 0 saturated heterocycles. The maximum absolute atomic E-state index is 12.4. The van der Waals surface area contributed by atoms with Crippen molar-refractivity contribution in [2.75, 3.05) is 18.2 Å². The van der Waals surface area contributed by atoms with Crippen molar-refractivity contribution >= 4 is 35.2 Å². The molecule has 2 N–H and O–H groups in total. The van der Waals surface area contributed by atoms with Gasteiger partial charge in [-0.3, -0.25) is 9.59 Å². The van der Waals surface area contributed by atoms with Crippen molar-refractivity contribution in [2.24, 2.45) is 0 Å². The fraction of sp³-hybridized carbons (Fsp3) is 0.217. The smallest absolute Gasteiger partial charge is 0.337 e. The molecule has 0 fully saturated rings. The standard InChI is InChI=1S/C23H21N3O4S/c1-14-5-3-4-6-19(14)25-21(28)13-31-22-18(12-24)17(11-20(27)26-22)15-7-9-16(10-8-15)23(29)30-2/h3-10,17H,11,13H2,1-2H3,(H,25,28)(H,26,27)/t17-/m1/s1. The number of allylic oxidation sites excluding steroid dienone is 1. The van der Waals surface area contributed by atoms with Crippen LogP contribution in [0.25, 0.3) is 0 Å². The number of nitrogens with zero attached hydrogens (tertiary/aromatic N) is 1. The number of benzene rings is 2. The van der Waals surface area contributed by atoms with Crippen molar-refractivity contribution in [1.82, 2.24) is 5.32 Å². The summed E-state index contributed by atoms with van der Waals surface area (Å²) in [6.45, 7) is 1.90. The fourth-order valence-electron chi connectivity index (χ4n) is 3.22. The zero-order chi connectivity index (χ0) is 22.4. The van der Waals surface area contributed by atoms with Crippen LogP contribution in [0, 0.1) is 18.3 Å². The molecular formula is C23H21N3O4S. The van der Waals surface area contributed by atoms with Crippen molar-refractivity contribution in [2.45, 2.75) is 19.3 Å². The van der Waals surface area contributed by atoms with E-state index in [2.05, 4.69) is 16.7 Å². The number of hydrogen-bond donors (Lipinski definition) is 2. The second-order valence-electron chi connectivity index (χ2n) is 6.92. The summed E-state index contributed by atoms with van der Waals surface area (Å²) in [6, 6.07) is 16.2. The molecule has 2 aromatic carbocycles. The van der Waals surface area contributed by atoms with Crippen LogP contribution >= 0.6 is 11.8 Å². The molecule has 1 aliphatic heterocycles. The molecule has 0 unspecified atom stereocenters. The Hall–Kier alpha value is -3.57. The first-order chi connectivity index (χ1) is 14.9. The average Bonchev–Trinajstić information content (AvgIpc) is 2.78. The summed E-state index contributed by atoms with van der Waals surface area (Å²) in [4.78, 5) is 36.3. The van der Waals surface area contributed by atoms with Crippen molar-refractivity contribution < 1.29 is 19.1 Å². The summed E-state index contributed by atoms with van der Waals surface area (Å²) in [6.07, 6.45) is 0.111. The second-order valence-corrected chi connectivity index (χ2v) is 7.91. The highest BCUT2D eigenvalue weighted by molar-refractivity contribution is 8.03. The number of nitriles is 1. The summed E-state index contributed by atoms with van der Waals surface area (Å²) in [5.41, 5.74) is 3.18. The van der Waals surface area contributed by atoms with E-state index in [9.17, 15) is 19.6 Å². The first-order valence-electron chi connectivity index (χ1n) is 9.53. The number of hydrogen-bond acceptors (Lipinski definition) is 6. The first kappa shape index (κ1) is 22.1. The van der Waals surface area contributed by atoms with E-state index in [0.717, 1.165) is 28.6 Å². The molecule has 2 aromatic rings. The molecule has 1 heterocycles. The molecule has 31 heavy (non-hydrogen) atoms. The number of esters is 1. The van der Waals surface area contributed by atoms with E-state index in [1.807, 2.05) is 31.2 Å². The third-order valence-electron chi connectivity index (χ3n) is 4.86. The monoisotopic (exact) mass is 435 g/mol. The summed E-state index contributed by atoms with van der Waals surface area (Å²) in [5.74, 6) is -1.33. The average molecular weight is 436 g/mol. The van der Waals surface area contributed by atoms with Crippen LogP contribution in [0.4, 0.5) is 5.69 Å². The molecule has 158 valence electrons. The Bertz CT molecular complexity index is 1090. The van der Waals surface area contributed by atoms with Crippen LogP contribution in [-0.4, -0.2) is 30.6 Å². The molecule has 0 saturated carbocycles. The predicted octanol–water partition coefficient (Wildman–Crippen LogP) is 3.49. The van der Waals surface area contributed by atoms with E-state index in [0.29, 0.717) is 16.2 Å². The lowest BCUT2D eigenvalue weighted by atomic mass is 9.87. The Kier molecular flexibility index (Phi) is 7.11. The zero-order valence-corrected chi connectivity index (χ0v) is 17.9. The van der Waals surface area contributed by atoms with Gasteiger partial charge in [-0.15, -0.1) is 0 Å². The molecule has 0 spiro atoms. The van der Waals surface area contributed by atoms with Crippen LogP contribution in [0.1, 0.15) is 33.8 Å². The number of para-hydroxylation sites is 1. The lowest BCUT2D eigenvalue weighted by molar-refractivity contribution is -0.121. The highest BCUT2D eigenvalue weighted by Gasteiger charge is 2.30. The highest BCUT2D eigenvalue weighted by atomic mass is 32.2. The van der Waals surface area contributed by atoms with Gasteiger partial charge in [0.25, 0.3) is 0 Å². The van der Waals surface area contributed by atoms with Crippen LogP contribution in [0.15, 0.2) is 59.1 Å². The van der Waals surface area contributed by atoms with Crippen LogP contribution in [0.3, 0.4) is 0 Å². The van der Waals surface area contributed by atoms with E-state index < -0.39 is 11.9 Å². The molecular weight excluding hydrogens is 414 g/mol. The molecule has 8 heteroatoms. The third kappa shape index (κ3) is 5.32. The molecule has 3 rings (SSSR count). The van der Waals surface area contributed by atoms with E-state index >= 15 is 0 Å². The minimum absolute atomic E-state index is 0.0448. The quantitative estimate of drug-likeness (QED) is 0.673. The molecule has 7 nitrogen and oxygen atoms in total. The minimum Gasteiger partial charge on any atom is -0.465 e. The van der Waals surface area contributed by atoms with Gasteiger partial charge in [0.1, 0.15) is 0 Å². The molecule has 0 aromatic heterocycles. The second kappa shape index (κ2) is 9.96. The molecule has 1 atom stereocenters. The number of nitrogens with one attached hydrogen (secondary N) is 2. The number of anilines is 1. The number of amides is 2. The first-order valence-corrected chi connectivity index (χ1v) is 10.5. The molecule has 2 amide bonds. The van der Waals surface area contributed by atoms with Crippen LogP contribution in [0.2, 0.25) is 0 Å². The normalized spacial score (nSPS) is 15.6. The Morgan fingerprint density at radius 3 is 2.58 bits per heavy atom. The topological polar surface area (TPSA) is 108 Å². The van der Waals surface area contributed by atoms with E-state index in [1.54, 1.807) is 24.3 Å². The minimum atomic E-state index is -0.458. The summed E-state index contributed by atoms with van der Waals surface area (Å²) < 4.78 is 4.70. The Morgan fingerprint density at radius 2 is 1.94 bits per heavy atom. The molecule has 0 bridgehead atoms. The van der Waals surface area contributed by atoms with Crippen LogP contribution in [0.5, 0.6) is 0 Å². The number of carbonyl (C=O) groups is 3. The Labute approximate surface area is 184 Å². The number of rotatable bonds is 6. The van der Waals surface area contributed by atoms with Gasteiger partial charge < -0.3 is 15.4 Å². The van der Waals surface area contributed by atoms with Gasteiger partial charge in [0.2, 0.25) is 11.8 Å². The van der Waals surface area contributed by atoms with Crippen LogP contribution in [-0.2, 0) is 14.3 Å². The van der Waals surface area contributed by atoms with Gasteiger partial charge in [0, 0.05) is 18.0 Å². The van der Waals surface area contributed by atoms with Gasteiger partial charge >= 0.3 is 5.97 Å². The van der Waals surface area contributed by atoms with Gasteiger partial charge in [-0.25, -0.2) is 4.79 Å². The van der Waals surface area contributed by atoms with Gasteiger partial charge in [0.15, 0.2) is 0 Å². The Balaban J connectivity index is 1.76. The zero-order valence-electron chi connectivity index (χ0n) is 17.1. The van der Waals surface area contributed by atoms with Crippen molar-refractivity contribution in [3.63, 3.8) is 0 Å².